The molecule has 1 fully saturated rings. The molecule has 6 heteroatoms. The van der Waals surface area contributed by atoms with Crippen LogP contribution in [0.3, 0.4) is 0 Å². The maximum Gasteiger partial charge on any atom is 0.226 e. The molecular weight excluding hydrogens is 356 g/mol. The fraction of sp³-hybridized carbons (Fsp3) is 0.316. The van der Waals surface area contributed by atoms with Gasteiger partial charge in [0.15, 0.2) is 0 Å². The third-order valence-electron chi connectivity index (χ3n) is 3.87. The lowest BCUT2D eigenvalue weighted by atomic mass is 10.2. The molecule has 1 aliphatic heterocycles. The first-order chi connectivity index (χ1) is 12.2. The van der Waals surface area contributed by atoms with E-state index in [0.717, 1.165) is 33.5 Å². The van der Waals surface area contributed by atoms with Gasteiger partial charge in [0.1, 0.15) is 0 Å². The number of halogens is 1. The largest absolute Gasteiger partial charge is 0.378 e. The van der Waals surface area contributed by atoms with Crippen molar-refractivity contribution < 1.29 is 9.53 Å². The van der Waals surface area contributed by atoms with Crippen molar-refractivity contribution in [2.45, 2.75) is 23.1 Å². The van der Waals surface area contributed by atoms with Crippen LogP contribution in [-0.2, 0) is 15.3 Å². The lowest BCUT2D eigenvalue weighted by molar-refractivity contribution is -0.117. The predicted octanol–water partition coefficient (Wildman–Crippen LogP) is 3.95. The molecule has 1 aliphatic rings. The monoisotopic (exact) mass is 376 g/mol. The maximum absolute atomic E-state index is 12.3. The average molecular weight is 377 g/mol. The van der Waals surface area contributed by atoms with Crippen LogP contribution in [0, 0.1) is 0 Å². The van der Waals surface area contributed by atoms with E-state index in [1.807, 2.05) is 42.5 Å². The Morgan fingerprint density at radius 2 is 2.16 bits per heavy atom. The minimum Gasteiger partial charge on any atom is -0.378 e. The first-order valence-electron chi connectivity index (χ1n) is 8.28. The van der Waals surface area contributed by atoms with Crippen LogP contribution in [0.2, 0.25) is 5.02 Å². The van der Waals surface area contributed by atoms with Gasteiger partial charge in [-0.25, -0.2) is 0 Å². The Labute approximate surface area is 157 Å². The third kappa shape index (κ3) is 5.75. The van der Waals surface area contributed by atoms with Crippen LogP contribution in [-0.4, -0.2) is 31.7 Å². The van der Waals surface area contributed by atoms with Gasteiger partial charge < -0.3 is 15.4 Å². The van der Waals surface area contributed by atoms with Crippen LogP contribution in [0.5, 0.6) is 0 Å². The van der Waals surface area contributed by atoms with Gasteiger partial charge in [0.25, 0.3) is 0 Å². The smallest absolute Gasteiger partial charge is 0.226 e. The summed E-state index contributed by atoms with van der Waals surface area (Å²) < 4.78 is 5.40. The van der Waals surface area contributed by atoms with Crippen LogP contribution in [0.15, 0.2) is 53.4 Å². The normalized spacial score (nSPS) is 17.2. The Morgan fingerprint density at radius 1 is 1.28 bits per heavy atom. The second-order valence-corrected chi connectivity index (χ2v) is 7.35. The molecule has 1 amide bonds. The molecule has 2 aromatic carbocycles. The molecule has 2 N–H and O–H groups in total. The lowest BCUT2D eigenvalue weighted by Crippen LogP contribution is -2.43. The van der Waals surface area contributed by atoms with Gasteiger partial charge in [-0.15, -0.1) is 11.8 Å². The molecule has 0 aliphatic carbocycles. The number of anilines is 1. The summed E-state index contributed by atoms with van der Waals surface area (Å²) in [6.45, 7) is 2.09. The SMILES string of the molecule is O=C(C[C@@H]1COCCN1)Nc1ccccc1SCc1cccc(Cl)c1. The van der Waals surface area contributed by atoms with Gasteiger partial charge in [-0.1, -0.05) is 35.9 Å². The van der Waals surface area contributed by atoms with Crippen molar-refractivity contribution >= 4 is 35.0 Å². The molecule has 4 nitrogen and oxygen atoms in total. The van der Waals surface area contributed by atoms with Crippen molar-refractivity contribution in [2.75, 3.05) is 25.1 Å². The maximum atomic E-state index is 12.3. The number of rotatable bonds is 6. The van der Waals surface area contributed by atoms with Gasteiger partial charge in [-0.05, 0) is 29.8 Å². The number of carbonyl (C=O) groups is 1. The molecule has 1 saturated heterocycles. The highest BCUT2D eigenvalue weighted by atomic mass is 35.5. The number of thioether (sulfide) groups is 1. The van der Waals surface area contributed by atoms with Crippen LogP contribution in [0.25, 0.3) is 0 Å². The van der Waals surface area contributed by atoms with Crippen molar-refractivity contribution in [3.05, 3.63) is 59.1 Å². The van der Waals surface area contributed by atoms with E-state index in [1.54, 1.807) is 11.8 Å². The minimum absolute atomic E-state index is 0.00111. The molecule has 25 heavy (non-hydrogen) atoms. The second-order valence-electron chi connectivity index (χ2n) is 5.89. The standard InChI is InChI=1S/C19H21ClN2O2S/c20-15-5-3-4-14(10-15)13-25-18-7-2-1-6-17(18)22-19(23)11-16-12-24-9-8-21-16/h1-7,10,16,21H,8-9,11-13H2,(H,22,23)/t16-/m1/s1. The molecule has 0 unspecified atom stereocenters. The molecule has 3 rings (SSSR count). The number of carbonyl (C=O) groups excluding carboxylic acids is 1. The van der Waals surface area contributed by atoms with E-state index < -0.39 is 0 Å². The molecule has 0 aromatic heterocycles. The number of nitrogens with one attached hydrogen (secondary N) is 2. The predicted molar refractivity (Wildman–Crippen MR) is 103 cm³/mol. The molecule has 132 valence electrons. The Kier molecular flexibility index (Phi) is 6.76. The van der Waals surface area contributed by atoms with E-state index in [9.17, 15) is 4.79 Å². The fourth-order valence-corrected chi connectivity index (χ4v) is 3.82. The van der Waals surface area contributed by atoms with E-state index in [4.69, 9.17) is 16.3 Å². The molecule has 0 bridgehead atoms. The summed E-state index contributed by atoms with van der Waals surface area (Å²) in [7, 11) is 0. The van der Waals surface area contributed by atoms with Crippen molar-refractivity contribution in [1.82, 2.24) is 5.32 Å². The molecule has 1 atom stereocenters. The number of benzene rings is 2. The van der Waals surface area contributed by atoms with E-state index in [1.165, 1.54) is 0 Å². The van der Waals surface area contributed by atoms with E-state index in [-0.39, 0.29) is 11.9 Å². The van der Waals surface area contributed by atoms with E-state index in [0.29, 0.717) is 19.6 Å². The quantitative estimate of drug-likeness (QED) is 0.749. The van der Waals surface area contributed by atoms with Crippen LogP contribution < -0.4 is 10.6 Å². The number of morpholine rings is 1. The van der Waals surface area contributed by atoms with Gasteiger partial charge in [-0.2, -0.15) is 0 Å². The summed E-state index contributed by atoms with van der Waals surface area (Å²) in [5.41, 5.74) is 2.00. The Hall–Kier alpha value is -1.53. The summed E-state index contributed by atoms with van der Waals surface area (Å²) in [6, 6.07) is 15.8. The molecule has 1 heterocycles. The first-order valence-corrected chi connectivity index (χ1v) is 9.64. The summed E-state index contributed by atoms with van der Waals surface area (Å²) in [6.07, 6.45) is 0.410. The van der Waals surface area contributed by atoms with Crippen molar-refractivity contribution in [3.8, 4) is 0 Å². The fourth-order valence-electron chi connectivity index (χ4n) is 2.66. The van der Waals surface area contributed by atoms with E-state index in [2.05, 4.69) is 16.7 Å². The van der Waals surface area contributed by atoms with Crippen LogP contribution in [0.1, 0.15) is 12.0 Å². The Balaban J connectivity index is 1.59. The zero-order chi connectivity index (χ0) is 17.5. The number of hydrogen-bond acceptors (Lipinski definition) is 4. The van der Waals surface area contributed by atoms with Gasteiger partial charge in [0.2, 0.25) is 5.91 Å². The van der Waals surface area contributed by atoms with Gasteiger partial charge in [-0.3, -0.25) is 4.79 Å². The van der Waals surface area contributed by atoms with Gasteiger partial charge in [0, 0.05) is 34.7 Å². The second kappa shape index (κ2) is 9.25. The van der Waals surface area contributed by atoms with Gasteiger partial charge in [0.05, 0.1) is 18.9 Å². The zero-order valence-electron chi connectivity index (χ0n) is 13.8. The minimum atomic E-state index is -0.00111. The number of ether oxygens (including phenoxy) is 1. The Bertz CT molecular complexity index is 720. The summed E-state index contributed by atoms with van der Waals surface area (Å²) in [4.78, 5) is 13.4. The average Bonchev–Trinajstić information content (AvgIpc) is 2.62. The number of amides is 1. The highest BCUT2D eigenvalue weighted by Crippen LogP contribution is 2.30. The topological polar surface area (TPSA) is 50.4 Å². The number of hydrogen-bond donors (Lipinski definition) is 2. The zero-order valence-corrected chi connectivity index (χ0v) is 15.4. The third-order valence-corrected chi connectivity index (χ3v) is 5.25. The molecule has 2 aromatic rings. The van der Waals surface area contributed by atoms with Gasteiger partial charge >= 0.3 is 0 Å². The summed E-state index contributed by atoms with van der Waals surface area (Å²) in [5, 5.41) is 7.06. The summed E-state index contributed by atoms with van der Waals surface area (Å²) in [5.74, 6) is 0.796. The molecule has 0 spiro atoms. The van der Waals surface area contributed by atoms with Crippen molar-refractivity contribution in [3.63, 3.8) is 0 Å². The van der Waals surface area contributed by atoms with Crippen LogP contribution in [0.4, 0.5) is 5.69 Å². The molecular formula is C19H21ClN2O2S. The van der Waals surface area contributed by atoms with E-state index >= 15 is 0 Å². The Morgan fingerprint density at radius 3 is 2.96 bits per heavy atom. The lowest BCUT2D eigenvalue weighted by Gasteiger charge is -2.23. The van der Waals surface area contributed by atoms with Crippen LogP contribution >= 0.6 is 23.4 Å². The highest BCUT2D eigenvalue weighted by molar-refractivity contribution is 7.98. The number of para-hydroxylation sites is 1. The summed E-state index contributed by atoms with van der Waals surface area (Å²) >= 11 is 7.72. The van der Waals surface area contributed by atoms with Crippen molar-refractivity contribution in [1.29, 1.82) is 0 Å². The first kappa shape index (κ1) is 18.3. The molecule has 0 radical (unpaired) electrons. The van der Waals surface area contributed by atoms with Crippen molar-refractivity contribution in [2.24, 2.45) is 0 Å². The molecule has 0 saturated carbocycles. The highest BCUT2D eigenvalue weighted by Gasteiger charge is 2.17.